The molecule has 0 saturated heterocycles. The van der Waals surface area contributed by atoms with Crippen molar-refractivity contribution in [2.24, 2.45) is 7.05 Å². The number of benzene rings is 1. The van der Waals surface area contributed by atoms with Crippen LogP contribution >= 0.6 is 11.6 Å². The highest BCUT2D eigenvalue weighted by Crippen LogP contribution is 2.29. The molecule has 0 radical (unpaired) electrons. The molecule has 0 unspecified atom stereocenters. The van der Waals surface area contributed by atoms with E-state index < -0.39 is 16.0 Å². The van der Waals surface area contributed by atoms with Crippen LogP contribution in [0.5, 0.6) is 5.75 Å². The topological polar surface area (TPSA) is 99.5 Å². The molecular formula is C14H16ClN3O5S. The SMILES string of the molecule is CCOC(=O)c1cnn(C)c1NS(=O)(=O)c1cc(Cl)ccc1OC. The Morgan fingerprint density at radius 3 is 2.75 bits per heavy atom. The molecule has 0 aliphatic carbocycles. The van der Waals surface area contributed by atoms with Crippen LogP contribution in [0.3, 0.4) is 0 Å². The van der Waals surface area contributed by atoms with Crippen molar-refractivity contribution < 1.29 is 22.7 Å². The first-order chi connectivity index (χ1) is 11.3. The molecule has 0 aliphatic rings. The maximum absolute atomic E-state index is 12.7. The minimum absolute atomic E-state index is 0.00363. The second-order valence-electron chi connectivity index (χ2n) is 4.65. The van der Waals surface area contributed by atoms with Crippen LogP contribution in [0.25, 0.3) is 0 Å². The van der Waals surface area contributed by atoms with Crippen molar-refractivity contribution in [1.82, 2.24) is 9.78 Å². The van der Waals surface area contributed by atoms with Gasteiger partial charge in [-0.25, -0.2) is 13.2 Å². The molecule has 1 N–H and O–H groups in total. The summed E-state index contributed by atoms with van der Waals surface area (Å²) in [5, 5.41) is 4.12. The molecule has 0 bridgehead atoms. The van der Waals surface area contributed by atoms with Crippen molar-refractivity contribution in [2.45, 2.75) is 11.8 Å². The zero-order chi connectivity index (χ0) is 17.9. The van der Waals surface area contributed by atoms with Gasteiger partial charge >= 0.3 is 5.97 Å². The van der Waals surface area contributed by atoms with E-state index in [-0.39, 0.29) is 33.7 Å². The number of hydrogen-bond acceptors (Lipinski definition) is 6. The lowest BCUT2D eigenvalue weighted by Gasteiger charge is -2.13. The van der Waals surface area contributed by atoms with Gasteiger partial charge in [-0.05, 0) is 25.1 Å². The number of sulfonamides is 1. The van der Waals surface area contributed by atoms with E-state index in [0.29, 0.717) is 0 Å². The Morgan fingerprint density at radius 1 is 1.42 bits per heavy atom. The van der Waals surface area contributed by atoms with E-state index in [2.05, 4.69) is 9.82 Å². The lowest BCUT2D eigenvalue weighted by atomic mass is 10.3. The predicted octanol–water partition coefficient (Wildman–Crippen LogP) is 2.06. The van der Waals surface area contributed by atoms with Crippen LogP contribution in [-0.4, -0.2) is 37.9 Å². The molecule has 24 heavy (non-hydrogen) atoms. The van der Waals surface area contributed by atoms with E-state index in [1.54, 1.807) is 6.92 Å². The fourth-order valence-electron chi connectivity index (χ4n) is 1.96. The Morgan fingerprint density at radius 2 is 2.12 bits per heavy atom. The molecule has 2 rings (SSSR count). The first-order valence-electron chi connectivity index (χ1n) is 6.85. The summed E-state index contributed by atoms with van der Waals surface area (Å²) in [6.07, 6.45) is 1.23. The van der Waals surface area contributed by atoms with Crippen LogP contribution < -0.4 is 9.46 Å². The highest BCUT2D eigenvalue weighted by atomic mass is 35.5. The van der Waals surface area contributed by atoms with Crippen LogP contribution in [0.2, 0.25) is 5.02 Å². The summed E-state index contributed by atoms with van der Waals surface area (Å²) < 4.78 is 38.8. The zero-order valence-electron chi connectivity index (χ0n) is 13.2. The molecule has 0 amide bonds. The van der Waals surface area contributed by atoms with Gasteiger partial charge in [0.25, 0.3) is 10.0 Å². The molecule has 2 aromatic rings. The largest absolute Gasteiger partial charge is 0.495 e. The molecule has 1 aromatic carbocycles. The lowest BCUT2D eigenvalue weighted by molar-refractivity contribution is 0.0527. The average molecular weight is 374 g/mol. The number of nitrogens with one attached hydrogen (secondary N) is 1. The predicted molar refractivity (Wildman–Crippen MR) is 88.0 cm³/mol. The fraction of sp³-hybridized carbons (Fsp3) is 0.286. The molecule has 1 aromatic heterocycles. The third-order valence-corrected chi connectivity index (χ3v) is 4.68. The quantitative estimate of drug-likeness (QED) is 0.778. The second-order valence-corrected chi connectivity index (χ2v) is 6.74. The number of esters is 1. The highest BCUT2D eigenvalue weighted by molar-refractivity contribution is 7.92. The lowest BCUT2D eigenvalue weighted by Crippen LogP contribution is -2.18. The Hall–Kier alpha value is -2.26. The number of aromatic nitrogens is 2. The number of ether oxygens (including phenoxy) is 2. The van der Waals surface area contributed by atoms with Crippen molar-refractivity contribution in [2.75, 3.05) is 18.4 Å². The van der Waals surface area contributed by atoms with Crippen molar-refractivity contribution in [1.29, 1.82) is 0 Å². The third-order valence-electron chi connectivity index (χ3n) is 3.08. The second kappa shape index (κ2) is 7.10. The number of hydrogen-bond donors (Lipinski definition) is 1. The van der Waals surface area contributed by atoms with Crippen LogP contribution in [0, 0.1) is 0 Å². The van der Waals surface area contributed by atoms with Crippen LogP contribution in [-0.2, 0) is 21.8 Å². The van der Waals surface area contributed by atoms with Crippen LogP contribution in [0.15, 0.2) is 29.3 Å². The Labute approximate surface area is 144 Å². The molecule has 1 heterocycles. The van der Waals surface area contributed by atoms with E-state index in [1.807, 2.05) is 0 Å². The van der Waals surface area contributed by atoms with Crippen molar-refractivity contribution in [3.8, 4) is 5.75 Å². The molecule has 130 valence electrons. The number of rotatable bonds is 6. The molecule has 0 saturated carbocycles. The van der Waals surface area contributed by atoms with E-state index in [1.165, 1.54) is 43.2 Å². The van der Waals surface area contributed by atoms with Gasteiger partial charge in [0.15, 0.2) is 5.82 Å². The monoisotopic (exact) mass is 373 g/mol. The van der Waals surface area contributed by atoms with Crippen LogP contribution in [0.1, 0.15) is 17.3 Å². The number of anilines is 1. The maximum Gasteiger partial charge on any atom is 0.343 e. The van der Waals surface area contributed by atoms with Gasteiger partial charge in [0.2, 0.25) is 0 Å². The van der Waals surface area contributed by atoms with Gasteiger partial charge in [0.05, 0.1) is 19.9 Å². The number of halogens is 1. The third kappa shape index (κ3) is 3.62. The van der Waals surface area contributed by atoms with Crippen molar-refractivity contribution in [3.05, 3.63) is 35.0 Å². The summed E-state index contributed by atoms with van der Waals surface area (Å²) >= 11 is 5.88. The number of aryl methyl sites for hydroxylation is 1. The first kappa shape index (κ1) is 18.1. The van der Waals surface area contributed by atoms with Crippen LogP contribution in [0.4, 0.5) is 5.82 Å². The van der Waals surface area contributed by atoms with Gasteiger partial charge in [0.1, 0.15) is 16.2 Å². The zero-order valence-corrected chi connectivity index (χ0v) is 14.8. The van der Waals surface area contributed by atoms with Gasteiger partial charge in [-0.3, -0.25) is 9.40 Å². The molecule has 0 spiro atoms. The molecule has 10 heteroatoms. The Kier molecular flexibility index (Phi) is 5.35. The summed E-state index contributed by atoms with van der Waals surface area (Å²) in [5.41, 5.74) is 0.00363. The molecule has 0 atom stereocenters. The van der Waals surface area contributed by atoms with E-state index in [0.717, 1.165) is 0 Å². The van der Waals surface area contributed by atoms with Crippen molar-refractivity contribution in [3.63, 3.8) is 0 Å². The summed E-state index contributed by atoms with van der Waals surface area (Å²) in [6, 6.07) is 4.20. The van der Waals surface area contributed by atoms with Gasteiger partial charge in [-0.2, -0.15) is 5.10 Å². The van der Waals surface area contributed by atoms with Gasteiger partial charge in [-0.1, -0.05) is 11.6 Å². The number of carbonyl (C=O) groups is 1. The Balaban J connectivity index is 2.46. The van der Waals surface area contributed by atoms with E-state index in [4.69, 9.17) is 21.1 Å². The first-order valence-corrected chi connectivity index (χ1v) is 8.71. The minimum Gasteiger partial charge on any atom is -0.495 e. The normalized spacial score (nSPS) is 11.2. The van der Waals surface area contributed by atoms with Gasteiger partial charge < -0.3 is 9.47 Å². The molecule has 8 nitrogen and oxygen atoms in total. The fourth-order valence-corrected chi connectivity index (χ4v) is 3.50. The summed E-state index contributed by atoms with van der Waals surface area (Å²) in [6.45, 7) is 1.80. The van der Waals surface area contributed by atoms with Gasteiger partial charge in [0, 0.05) is 12.1 Å². The van der Waals surface area contributed by atoms with Crippen molar-refractivity contribution >= 4 is 33.4 Å². The Bertz CT molecular complexity index is 863. The van der Waals surface area contributed by atoms with E-state index in [9.17, 15) is 13.2 Å². The summed E-state index contributed by atoms with van der Waals surface area (Å²) in [5.74, 6) is -0.580. The summed E-state index contributed by atoms with van der Waals surface area (Å²) in [7, 11) is -1.23. The number of methoxy groups -OCH3 is 1. The molecule has 0 aliphatic heterocycles. The highest BCUT2D eigenvalue weighted by Gasteiger charge is 2.25. The number of nitrogens with zero attached hydrogens (tertiary/aromatic N) is 2. The van der Waals surface area contributed by atoms with Gasteiger partial charge in [-0.15, -0.1) is 0 Å². The average Bonchev–Trinajstić information content (AvgIpc) is 2.88. The van der Waals surface area contributed by atoms with E-state index >= 15 is 0 Å². The maximum atomic E-state index is 12.7. The molecular weight excluding hydrogens is 358 g/mol. The molecule has 0 fully saturated rings. The smallest absolute Gasteiger partial charge is 0.343 e. The number of carbonyl (C=O) groups excluding carboxylic acids is 1. The summed E-state index contributed by atoms with van der Waals surface area (Å²) in [4.78, 5) is 11.8. The standard InChI is InChI=1S/C14H16ClN3O5S/c1-4-23-14(19)10-8-16-18(2)13(10)17-24(20,21)12-7-9(15)5-6-11(12)22-3/h5-8,17H,4H2,1-3H3. The minimum atomic E-state index is -4.07.